The number of hydrogen-bond acceptors (Lipinski definition) is 5. The van der Waals surface area contributed by atoms with Crippen LogP contribution in [0.4, 0.5) is 5.82 Å². The van der Waals surface area contributed by atoms with Crippen LogP contribution in [0.2, 0.25) is 5.15 Å². The van der Waals surface area contributed by atoms with Crippen LogP contribution in [0.15, 0.2) is 42.9 Å². The van der Waals surface area contributed by atoms with E-state index < -0.39 is 6.04 Å². The molecular formula is C27H33ClN6O3. The zero-order valence-corrected chi connectivity index (χ0v) is 22.2. The van der Waals surface area contributed by atoms with Crippen molar-refractivity contribution in [3.8, 4) is 11.1 Å². The lowest BCUT2D eigenvalue weighted by molar-refractivity contribution is -0.602. The number of carbonyl (C=O) groups excluding carboxylic acids is 2. The fourth-order valence-electron chi connectivity index (χ4n) is 4.93. The quantitative estimate of drug-likeness (QED) is 0.199. The number of aromatic nitrogens is 4. The summed E-state index contributed by atoms with van der Waals surface area (Å²) in [6, 6.07) is 6.10. The van der Waals surface area contributed by atoms with Crippen LogP contribution in [0.5, 0.6) is 0 Å². The van der Waals surface area contributed by atoms with Gasteiger partial charge in [-0.1, -0.05) is 25.7 Å². The summed E-state index contributed by atoms with van der Waals surface area (Å²) in [4.78, 5) is 31.1. The third-order valence-corrected chi connectivity index (χ3v) is 7.25. The van der Waals surface area contributed by atoms with Crippen molar-refractivity contribution in [3.05, 3.63) is 64.5 Å². The molecule has 1 atom stereocenters. The molecule has 0 unspecified atom stereocenters. The molecule has 4 rings (SSSR count). The Morgan fingerprint density at radius 3 is 2.51 bits per heavy atom. The van der Waals surface area contributed by atoms with Gasteiger partial charge in [0.15, 0.2) is 6.20 Å². The number of amides is 2. The van der Waals surface area contributed by atoms with Gasteiger partial charge in [0, 0.05) is 30.1 Å². The topological polar surface area (TPSA) is 116 Å². The van der Waals surface area contributed by atoms with Gasteiger partial charge in [-0.15, -0.1) is 0 Å². The second kappa shape index (κ2) is 11.7. The zero-order chi connectivity index (χ0) is 26.5. The van der Waals surface area contributed by atoms with E-state index in [4.69, 9.17) is 11.6 Å². The molecule has 1 aliphatic carbocycles. The second-order valence-electron chi connectivity index (χ2n) is 9.87. The number of carbonyl (C=O) groups is 2. The lowest BCUT2D eigenvalue weighted by Gasteiger charge is -2.26. The standard InChI is InChI=1S/C27H33ClN6O3/c1-17(2)34-21(12-14-30-34)26(35)32-24(19-8-6-4-5-7-9-19)27(36)31-22-11-10-20(16-29-22)23-18(3)13-15-33(37)25(23)28/h10-17,19,24H,4-9H2,1-3H3,(H,32,35)(H,29,31,36)/t24-/m0/s1. The second-order valence-corrected chi connectivity index (χ2v) is 10.2. The van der Waals surface area contributed by atoms with Crippen molar-refractivity contribution in [2.45, 2.75) is 71.4 Å². The van der Waals surface area contributed by atoms with E-state index in [1.165, 1.54) is 6.20 Å². The molecule has 3 aromatic rings. The average molecular weight is 525 g/mol. The Balaban J connectivity index is 1.55. The van der Waals surface area contributed by atoms with Gasteiger partial charge >= 0.3 is 0 Å². The number of nitrogens with zero attached hydrogens (tertiary/aromatic N) is 4. The number of hydrogen-bond donors (Lipinski definition) is 2. The predicted molar refractivity (Wildman–Crippen MR) is 142 cm³/mol. The van der Waals surface area contributed by atoms with Gasteiger partial charge in [-0.25, -0.2) is 4.98 Å². The third kappa shape index (κ3) is 6.10. The van der Waals surface area contributed by atoms with Crippen LogP contribution in [0.3, 0.4) is 0 Å². The van der Waals surface area contributed by atoms with Crippen LogP contribution >= 0.6 is 11.6 Å². The summed E-state index contributed by atoms with van der Waals surface area (Å²) in [5.74, 6) is -0.241. The van der Waals surface area contributed by atoms with Gasteiger partial charge < -0.3 is 15.8 Å². The number of aryl methyl sites for hydroxylation is 1. The summed E-state index contributed by atoms with van der Waals surface area (Å²) in [6.07, 6.45) is 10.6. The first-order valence-corrected chi connectivity index (χ1v) is 13.1. The van der Waals surface area contributed by atoms with Gasteiger partial charge in [-0.2, -0.15) is 9.83 Å². The number of anilines is 1. The van der Waals surface area contributed by atoms with Crippen LogP contribution in [0.25, 0.3) is 11.1 Å². The van der Waals surface area contributed by atoms with E-state index >= 15 is 0 Å². The monoisotopic (exact) mass is 524 g/mol. The van der Waals surface area contributed by atoms with Gasteiger partial charge in [0.25, 0.3) is 11.1 Å². The van der Waals surface area contributed by atoms with E-state index in [2.05, 4.69) is 20.7 Å². The summed E-state index contributed by atoms with van der Waals surface area (Å²) in [6.45, 7) is 5.77. The molecule has 1 saturated carbocycles. The highest BCUT2D eigenvalue weighted by Gasteiger charge is 2.32. The fourth-order valence-corrected chi connectivity index (χ4v) is 5.24. The molecule has 0 aromatic carbocycles. The maximum absolute atomic E-state index is 13.5. The average Bonchev–Trinajstić information content (AvgIpc) is 3.23. The Morgan fingerprint density at radius 1 is 1.14 bits per heavy atom. The highest BCUT2D eigenvalue weighted by atomic mass is 35.5. The smallest absolute Gasteiger partial charge is 0.294 e. The normalized spacial score (nSPS) is 15.3. The Morgan fingerprint density at radius 2 is 1.86 bits per heavy atom. The first kappa shape index (κ1) is 26.6. The summed E-state index contributed by atoms with van der Waals surface area (Å²) >= 11 is 6.23. The summed E-state index contributed by atoms with van der Waals surface area (Å²) < 4.78 is 2.25. The van der Waals surface area contributed by atoms with Crippen LogP contribution in [0, 0.1) is 18.0 Å². The maximum atomic E-state index is 13.5. The lowest BCUT2D eigenvalue weighted by Crippen LogP contribution is -2.49. The van der Waals surface area contributed by atoms with Crippen LogP contribution in [-0.2, 0) is 4.79 Å². The molecule has 0 bridgehead atoms. The Bertz CT molecular complexity index is 1250. The van der Waals surface area contributed by atoms with E-state index in [0.717, 1.165) is 44.1 Å². The first-order chi connectivity index (χ1) is 17.8. The predicted octanol–water partition coefficient (Wildman–Crippen LogP) is 4.83. The maximum Gasteiger partial charge on any atom is 0.294 e. The number of pyridine rings is 2. The summed E-state index contributed by atoms with van der Waals surface area (Å²) in [7, 11) is 0. The van der Waals surface area contributed by atoms with Gasteiger partial charge in [0.1, 0.15) is 17.6 Å². The van der Waals surface area contributed by atoms with E-state index in [1.54, 1.807) is 41.3 Å². The molecule has 0 radical (unpaired) electrons. The van der Waals surface area contributed by atoms with Gasteiger partial charge in [-0.05, 0) is 74.9 Å². The molecule has 3 aromatic heterocycles. The van der Waals surface area contributed by atoms with Gasteiger partial charge in [-0.3, -0.25) is 14.3 Å². The summed E-state index contributed by atoms with van der Waals surface area (Å²) in [5, 5.41) is 22.1. The van der Waals surface area contributed by atoms with Crippen LogP contribution < -0.4 is 15.4 Å². The highest BCUT2D eigenvalue weighted by Crippen LogP contribution is 2.29. The van der Waals surface area contributed by atoms with Crippen molar-refractivity contribution in [1.29, 1.82) is 0 Å². The van der Waals surface area contributed by atoms with Gasteiger partial charge in [0.05, 0.1) is 5.56 Å². The lowest BCUT2D eigenvalue weighted by atomic mass is 9.91. The van der Waals surface area contributed by atoms with E-state index in [9.17, 15) is 14.8 Å². The van der Waals surface area contributed by atoms with Crippen LogP contribution in [-0.4, -0.2) is 32.6 Å². The minimum atomic E-state index is -0.701. The molecule has 9 nitrogen and oxygen atoms in total. The first-order valence-electron chi connectivity index (χ1n) is 12.8. The van der Waals surface area contributed by atoms with Crippen molar-refractivity contribution >= 4 is 29.2 Å². The van der Waals surface area contributed by atoms with Crippen molar-refractivity contribution < 1.29 is 14.3 Å². The molecule has 196 valence electrons. The molecule has 1 fully saturated rings. The fraction of sp³-hybridized carbons (Fsp3) is 0.444. The summed E-state index contributed by atoms with van der Waals surface area (Å²) in [5.41, 5.74) is 2.53. The SMILES string of the molecule is Cc1cc[n+]([O-])c(Cl)c1-c1ccc(NC(=O)[C@@H](NC(=O)c2ccnn2C(C)C)C2CCCCCC2)nc1. The molecule has 0 aliphatic heterocycles. The number of rotatable bonds is 7. The minimum absolute atomic E-state index is 0.0153. The van der Waals surface area contributed by atoms with Crippen molar-refractivity contribution in [2.75, 3.05) is 5.32 Å². The molecule has 1 aliphatic rings. The van der Waals surface area contributed by atoms with Crippen LogP contribution in [0.1, 0.15) is 74.5 Å². The molecule has 0 spiro atoms. The molecule has 2 amide bonds. The molecule has 2 N–H and O–H groups in total. The number of nitrogens with one attached hydrogen (secondary N) is 2. The van der Waals surface area contributed by atoms with E-state index in [-0.39, 0.29) is 28.9 Å². The molecule has 3 heterocycles. The highest BCUT2D eigenvalue weighted by molar-refractivity contribution is 6.31. The van der Waals surface area contributed by atoms with Gasteiger partial charge in [0.2, 0.25) is 5.91 Å². The largest absolute Gasteiger partial charge is 0.618 e. The van der Waals surface area contributed by atoms with Crippen molar-refractivity contribution in [1.82, 2.24) is 20.1 Å². The zero-order valence-electron chi connectivity index (χ0n) is 21.4. The van der Waals surface area contributed by atoms with Crippen molar-refractivity contribution in [3.63, 3.8) is 0 Å². The Labute approximate surface area is 221 Å². The number of halogens is 1. The third-order valence-electron chi connectivity index (χ3n) is 6.89. The molecular weight excluding hydrogens is 492 g/mol. The Kier molecular flexibility index (Phi) is 8.43. The van der Waals surface area contributed by atoms with Crippen molar-refractivity contribution in [2.24, 2.45) is 5.92 Å². The Hall–Kier alpha value is -3.46. The molecule has 0 saturated heterocycles. The van der Waals surface area contributed by atoms with E-state index in [0.29, 0.717) is 27.4 Å². The molecule has 37 heavy (non-hydrogen) atoms. The van der Waals surface area contributed by atoms with E-state index in [1.807, 2.05) is 20.8 Å². The minimum Gasteiger partial charge on any atom is -0.618 e. The molecule has 10 heteroatoms.